The van der Waals surface area contributed by atoms with Gasteiger partial charge in [0.15, 0.2) is 5.60 Å². The van der Waals surface area contributed by atoms with E-state index in [1.165, 1.54) is 0 Å². The minimum Gasteiger partial charge on any atom is -0.478 e. The number of aryl methyl sites for hydroxylation is 1. The lowest BCUT2D eigenvalue weighted by molar-refractivity contribution is -0.128. The summed E-state index contributed by atoms with van der Waals surface area (Å²) in [6.45, 7) is 4.11. The molecule has 1 aliphatic heterocycles. The van der Waals surface area contributed by atoms with E-state index in [-0.39, 0.29) is 11.8 Å². The highest BCUT2D eigenvalue weighted by Crippen LogP contribution is 2.31. The summed E-state index contributed by atoms with van der Waals surface area (Å²) in [6.07, 6.45) is 1.72. The van der Waals surface area contributed by atoms with Crippen LogP contribution in [0.3, 0.4) is 0 Å². The molecule has 1 N–H and O–H groups in total. The Bertz CT molecular complexity index is 1130. The summed E-state index contributed by atoms with van der Waals surface area (Å²) in [7, 11) is 0. The average Bonchev–Trinajstić information content (AvgIpc) is 2.80. The molecule has 4 rings (SSSR count). The molecule has 5 nitrogen and oxygen atoms in total. The summed E-state index contributed by atoms with van der Waals surface area (Å²) in [5.41, 5.74) is 2.18. The Balaban J connectivity index is 1.49. The molecule has 2 amide bonds. The van der Waals surface area contributed by atoms with E-state index in [1.54, 1.807) is 38.1 Å². The molecule has 164 valence electrons. The first-order valence-electron chi connectivity index (χ1n) is 10.6. The van der Waals surface area contributed by atoms with Crippen LogP contribution in [-0.2, 0) is 11.2 Å². The molecule has 3 aromatic carbocycles. The van der Waals surface area contributed by atoms with Crippen LogP contribution < -0.4 is 15.0 Å². The van der Waals surface area contributed by atoms with E-state index in [0.717, 1.165) is 24.1 Å². The number of anilines is 2. The van der Waals surface area contributed by atoms with Gasteiger partial charge in [-0.25, -0.2) is 0 Å². The van der Waals surface area contributed by atoms with E-state index in [2.05, 4.69) is 5.32 Å². The number of carbonyl (C=O) groups excluding carboxylic acids is 2. The third kappa shape index (κ3) is 4.78. The van der Waals surface area contributed by atoms with E-state index in [1.807, 2.05) is 53.4 Å². The van der Waals surface area contributed by atoms with Crippen LogP contribution in [0.15, 0.2) is 72.8 Å². The third-order valence-corrected chi connectivity index (χ3v) is 5.71. The van der Waals surface area contributed by atoms with Crippen molar-refractivity contribution in [2.24, 2.45) is 0 Å². The molecular weight excluding hydrogens is 424 g/mol. The van der Waals surface area contributed by atoms with E-state index in [9.17, 15) is 9.59 Å². The fourth-order valence-electron chi connectivity index (χ4n) is 3.75. The van der Waals surface area contributed by atoms with Crippen molar-refractivity contribution in [2.75, 3.05) is 16.8 Å². The predicted octanol–water partition coefficient (Wildman–Crippen LogP) is 5.73. The Kier molecular flexibility index (Phi) is 6.19. The first kappa shape index (κ1) is 21.9. The molecule has 1 aliphatic rings. The molecule has 0 saturated heterocycles. The number of fused-ring (bicyclic) bond motifs is 1. The molecule has 0 unspecified atom stereocenters. The van der Waals surface area contributed by atoms with Gasteiger partial charge in [0.2, 0.25) is 0 Å². The molecule has 0 fully saturated rings. The molecule has 1 heterocycles. The number of nitrogens with one attached hydrogen (secondary N) is 1. The van der Waals surface area contributed by atoms with E-state index >= 15 is 0 Å². The lowest BCUT2D eigenvalue weighted by atomic mass is 9.99. The van der Waals surface area contributed by atoms with Crippen molar-refractivity contribution in [3.05, 3.63) is 88.9 Å². The van der Waals surface area contributed by atoms with Gasteiger partial charge in [-0.1, -0.05) is 29.8 Å². The van der Waals surface area contributed by atoms with E-state index < -0.39 is 5.60 Å². The van der Waals surface area contributed by atoms with Crippen molar-refractivity contribution in [3.63, 3.8) is 0 Å². The molecule has 0 radical (unpaired) electrons. The molecule has 0 aliphatic carbocycles. The number of carbonyl (C=O) groups is 2. The molecule has 6 heteroatoms. The monoisotopic (exact) mass is 448 g/mol. The zero-order valence-electron chi connectivity index (χ0n) is 18.1. The molecule has 0 atom stereocenters. The Morgan fingerprint density at radius 3 is 2.44 bits per heavy atom. The van der Waals surface area contributed by atoms with Gasteiger partial charge in [-0.2, -0.15) is 0 Å². The van der Waals surface area contributed by atoms with Gasteiger partial charge in [0.05, 0.1) is 0 Å². The first-order valence-corrected chi connectivity index (χ1v) is 11.0. The predicted molar refractivity (Wildman–Crippen MR) is 128 cm³/mol. The van der Waals surface area contributed by atoms with Gasteiger partial charge in [-0.3, -0.25) is 9.59 Å². The smallest absolute Gasteiger partial charge is 0.267 e. The highest BCUT2D eigenvalue weighted by atomic mass is 35.5. The Labute approximate surface area is 193 Å². The topological polar surface area (TPSA) is 58.6 Å². The number of hydrogen-bond donors (Lipinski definition) is 1. The van der Waals surface area contributed by atoms with Gasteiger partial charge in [0, 0.05) is 28.5 Å². The maximum Gasteiger partial charge on any atom is 0.267 e. The maximum absolute atomic E-state index is 13.0. The van der Waals surface area contributed by atoms with Gasteiger partial charge in [0.25, 0.3) is 11.8 Å². The van der Waals surface area contributed by atoms with Crippen LogP contribution in [0.25, 0.3) is 0 Å². The number of hydrogen-bond acceptors (Lipinski definition) is 3. The fraction of sp³-hybridized carbons (Fsp3) is 0.231. The highest BCUT2D eigenvalue weighted by molar-refractivity contribution is 6.30. The number of amides is 2. The van der Waals surface area contributed by atoms with Gasteiger partial charge in [-0.05, 0) is 86.8 Å². The summed E-state index contributed by atoms with van der Waals surface area (Å²) < 4.78 is 5.88. The van der Waals surface area contributed by atoms with Gasteiger partial charge in [0.1, 0.15) is 5.75 Å². The van der Waals surface area contributed by atoms with Crippen LogP contribution in [-0.4, -0.2) is 24.0 Å². The molecule has 0 aromatic heterocycles. The quantitative estimate of drug-likeness (QED) is 0.542. The first-order chi connectivity index (χ1) is 15.3. The highest BCUT2D eigenvalue weighted by Gasteiger charge is 2.31. The minimum atomic E-state index is -1.08. The van der Waals surface area contributed by atoms with Crippen LogP contribution in [0.2, 0.25) is 5.02 Å². The largest absolute Gasteiger partial charge is 0.478 e. The fourth-order valence-corrected chi connectivity index (χ4v) is 3.87. The zero-order valence-corrected chi connectivity index (χ0v) is 18.9. The molecule has 3 aromatic rings. The lowest BCUT2D eigenvalue weighted by Gasteiger charge is -2.30. The summed E-state index contributed by atoms with van der Waals surface area (Å²) in [4.78, 5) is 27.7. The van der Waals surface area contributed by atoms with Crippen molar-refractivity contribution in [1.82, 2.24) is 0 Å². The van der Waals surface area contributed by atoms with Crippen LogP contribution in [0.4, 0.5) is 11.4 Å². The van der Waals surface area contributed by atoms with Crippen LogP contribution >= 0.6 is 11.6 Å². The Morgan fingerprint density at radius 1 is 1.00 bits per heavy atom. The van der Waals surface area contributed by atoms with Gasteiger partial charge >= 0.3 is 0 Å². The van der Waals surface area contributed by atoms with Crippen molar-refractivity contribution < 1.29 is 14.3 Å². The van der Waals surface area contributed by atoms with Crippen LogP contribution in [0, 0.1) is 0 Å². The van der Waals surface area contributed by atoms with Crippen LogP contribution in [0.5, 0.6) is 5.75 Å². The summed E-state index contributed by atoms with van der Waals surface area (Å²) in [6, 6.07) is 21.8. The number of benzene rings is 3. The number of nitrogens with zero attached hydrogens (tertiary/aromatic N) is 1. The number of rotatable bonds is 5. The van der Waals surface area contributed by atoms with E-state index in [4.69, 9.17) is 16.3 Å². The molecule has 32 heavy (non-hydrogen) atoms. The normalized spacial score (nSPS) is 13.3. The zero-order chi connectivity index (χ0) is 22.7. The molecule has 0 bridgehead atoms. The lowest BCUT2D eigenvalue weighted by Crippen LogP contribution is -2.42. The summed E-state index contributed by atoms with van der Waals surface area (Å²) >= 11 is 5.92. The number of ether oxygens (including phenoxy) is 1. The Morgan fingerprint density at radius 2 is 1.72 bits per heavy atom. The van der Waals surface area contributed by atoms with Crippen molar-refractivity contribution in [1.29, 1.82) is 0 Å². The molecule has 0 saturated carbocycles. The summed E-state index contributed by atoms with van der Waals surface area (Å²) in [5.74, 6) is 0.288. The summed E-state index contributed by atoms with van der Waals surface area (Å²) in [5, 5.41) is 3.55. The van der Waals surface area contributed by atoms with Crippen LogP contribution in [0.1, 0.15) is 36.2 Å². The van der Waals surface area contributed by atoms with Crippen molar-refractivity contribution in [2.45, 2.75) is 32.3 Å². The van der Waals surface area contributed by atoms with E-state index in [0.29, 0.717) is 28.6 Å². The van der Waals surface area contributed by atoms with Gasteiger partial charge in [-0.15, -0.1) is 0 Å². The second-order valence-electron chi connectivity index (χ2n) is 8.29. The number of halogens is 1. The second-order valence-corrected chi connectivity index (χ2v) is 8.73. The second kappa shape index (κ2) is 9.05. The standard InChI is InChI=1S/C26H25ClN2O3/c1-26(2,32-22-13-10-20(27)11-14-22)25(31)28-21-12-15-23-19(17-21)9-6-16-29(23)24(30)18-7-4-3-5-8-18/h3-5,7-8,10-15,17H,6,9,16H2,1-2H3,(H,28,31). The molecular formula is C26H25ClN2O3. The Hall–Kier alpha value is -3.31. The third-order valence-electron chi connectivity index (χ3n) is 5.46. The molecule has 0 spiro atoms. The SMILES string of the molecule is CC(C)(Oc1ccc(Cl)cc1)C(=O)Nc1ccc2c(c1)CCCN2C(=O)c1ccccc1. The minimum absolute atomic E-state index is 0.0131. The van der Waals surface area contributed by atoms with Gasteiger partial charge < -0.3 is 15.0 Å². The maximum atomic E-state index is 13.0. The van der Waals surface area contributed by atoms with Crippen molar-refractivity contribution in [3.8, 4) is 5.75 Å². The van der Waals surface area contributed by atoms with Crippen molar-refractivity contribution >= 4 is 34.8 Å². The average molecular weight is 449 g/mol.